The van der Waals surface area contributed by atoms with Crippen LogP contribution < -0.4 is 0 Å². The number of aliphatic hydroxyl groups is 1. The number of ether oxygens (including phenoxy) is 1. The van der Waals surface area contributed by atoms with Gasteiger partial charge in [0.05, 0.1) is 19.3 Å². The van der Waals surface area contributed by atoms with Crippen LogP contribution in [0.4, 0.5) is 0 Å². The third kappa shape index (κ3) is 6.66. The van der Waals surface area contributed by atoms with Gasteiger partial charge < -0.3 is 19.4 Å². The summed E-state index contributed by atoms with van der Waals surface area (Å²) in [6.07, 6.45) is 10.5. The number of aliphatic hydroxyl groups excluding tert-OH is 1. The van der Waals surface area contributed by atoms with Crippen molar-refractivity contribution in [3.8, 4) is 5.75 Å². The molecule has 1 unspecified atom stereocenters. The minimum atomic E-state index is -1.88. The Labute approximate surface area is 209 Å². The van der Waals surface area contributed by atoms with Crippen LogP contribution >= 0.6 is 0 Å². The molecule has 0 radical (unpaired) electrons. The molecule has 194 valence electrons. The Balaban J connectivity index is 1.78. The highest BCUT2D eigenvalue weighted by molar-refractivity contribution is 6.74. The number of rotatable bonds is 12. The molecule has 1 saturated carbocycles. The van der Waals surface area contributed by atoms with Gasteiger partial charge in [0.15, 0.2) is 8.32 Å². The molecule has 3 rings (SSSR count). The summed E-state index contributed by atoms with van der Waals surface area (Å²) in [5, 5.41) is 20.0. The van der Waals surface area contributed by atoms with Crippen molar-refractivity contribution >= 4 is 8.32 Å². The first-order chi connectivity index (χ1) is 16.1. The Morgan fingerprint density at radius 3 is 2.56 bits per heavy atom. The van der Waals surface area contributed by atoms with Gasteiger partial charge in [-0.3, -0.25) is 0 Å². The van der Waals surface area contributed by atoms with Crippen molar-refractivity contribution in [1.82, 2.24) is 0 Å². The molecule has 0 saturated heterocycles. The van der Waals surface area contributed by atoms with Crippen molar-refractivity contribution < 1.29 is 19.4 Å². The maximum Gasteiger partial charge on any atom is 0.192 e. The highest BCUT2D eigenvalue weighted by atomic mass is 28.4. The van der Waals surface area contributed by atoms with Crippen LogP contribution in [0.1, 0.15) is 83.8 Å². The van der Waals surface area contributed by atoms with Gasteiger partial charge in [0.25, 0.3) is 0 Å². The lowest BCUT2D eigenvalue weighted by molar-refractivity contribution is 0.00920. The van der Waals surface area contributed by atoms with Crippen molar-refractivity contribution in [2.45, 2.75) is 116 Å². The first kappa shape index (κ1) is 27.7. The topological polar surface area (TPSA) is 58.9 Å². The summed E-state index contributed by atoms with van der Waals surface area (Å²) in [4.78, 5) is 0. The maximum absolute atomic E-state index is 10.5. The Bertz CT molecular complexity index is 772. The van der Waals surface area contributed by atoms with Gasteiger partial charge in [-0.15, -0.1) is 0 Å². The van der Waals surface area contributed by atoms with Crippen molar-refractivity contribution in [2.75, 3.05) is 13.2 Å². The zero-order chi connectivity index (χ0) is 24.9. The van der Waals surface area contributed by atoms with Gasteiger partial charge in [-0.25, -0.2) is 0 Å². The number of hydrogen-bond donors (Lipinski definition) is 2. The van der Waals surface area contributed by atoms with E-state index >= 15 is 0 Å². The molecule has 1 aromatic carbocycles. The van der Waals surface area contributed by atoms with Gasteiger partial charge in [-0.1, -0.05) is 59.1 Å². The van der Waals surface area contributed by atoms with Crippen LogP contribution in [0, 0.1) is 17.8 Å². The average Bonchev–Trinajstić information content (AvgIpc) is 3.09. The van der Waals surface area contributed by atoms with Gasteiger partial charge in [-0.2, -0.15) is 0 Å². The van der Waals surface area contributed by atoms with E-state index in [1.807, 2.05) is 12.1 Å². The molecule has 0 aliphatic heterocycles. The number of fused-ring (bicyclic) bond motifs is 2. The van der Waals surface area contributed by atoms with E-state index in [9.17, 15) is 10.2 Å². The Hall–Kier alpha value is -0.883. The van der Waals surface area contributed by atoms with Gasteiger partial charge in [0.1, 0.15) is 5.75 Å². The first-order valence-corrected chi connectivity index (χ1v) is 16.7. The summed E-state index contributed by atoms with van der Waals surface area (Å²) < 4.78 is 13.2. The zero-order valence-electron chi connectivity index (χ0n) is 22.6. The van der Waals surface area contributed by atoms with E-state index in [0.29, 0.717) is 36.2 Å². The summed E-state index contributed by atoms with van der Waals surface area (Å²) in [5.41, 5.74) is 2.49. The summed E-state index contributed by atoms with van der Waals surface area (Å²) >= 11 is 0. The second kappa shape index (κ2) is 11.9. The summed E-state index contributed by atoms with van der Waals surface area (Å²) in [6, 6.07) is 6.05. The molecule has 2 N–H and O–H groups in total. The minimum absolute atomic E-state index is 0.0930. The Kier molecular flexibility index (Phi) is 9.70. The molecule has 5 atom stereocenters. The molecule has 34 heavy (non-hydrogen) atoms. The summed E-state index contributed by atoms with van der Waals surface area (Å²) in [7, 11) is -1.88. The molecule has 2 aliphatic carbocycles. The molecular weight excluding hydrogens is 440 g/mol. The lowest BCUT2D eigenvalue weighted by Gasteiger charge is -2.40. The van der Waals surface area contributed by atoms with E-state index < -0.39 is 8.32 Å². The van der Waals surface area contributed by atoms with Gasteiger partial charge in [0, 0.05) is 6.10 Å². The molecule has 0 heterocycles. The predicted octanol–water partition coefficient (Wildman–Crippen LogP) is 6.87. The Morgan fingerprint density at radius 1 is 1.12 bits per heavy atom. The van der Waals surface area contributed by atoms with E-state index in [-0.39, 0.29) is 17.7 Å². The molecule has 0 amide bonds. The third-order valence-corrected chi connectivity index (χ3v) is 13.5. The molecule has 2 aliphatic rings. The molecular formula is C29H50O4Si. The van der Waals surface area contributed by atoms with Crippen molar-refractivity contribution in [2.24, 2.45) is 17.8 Å². The number of phenols is 1. The second-order valence-electron chi connectivity index (χ2n) is 12.4. The van der Waals surface area contributed by atoms with Gasteiger partial charge in [0.2, 0.25) is 0 Å². The minimum Gasteiger partial charge on any atom is -0.508 e. The highest BCUT2D eigenvalue weighted by Crippen LogP contribution is 2.51. The van der Waals surface area contributed by atoms with Crippen LogP contribution in [-0.4, -0.2) is 44.0 Å². The van der Waals surface area contributed by atoms with Crippen LogP contribution in [-0.2, 0) is 22.0 Å². The lowest BCUT2D eigenvalue weighted by Crippen LogP contribution is -2.45. The van der Waals surface area contributed by atoms with Gasteiger partial charge in [-0.05, 0) is 91.6 Å². The molecule has 5 heteroatoms. The average molecular weight is 491 g/mol. The van der Waals surface area contributed by atoms with Crippen LogP contribution in [0.15, 0.2) is 18.2 Å². The van der Waals surface area contributed by atoms with E-state index in [1.54, 1.807) is 0 Å². The van der Waals surface area contributed by atoms with E-state index in [2.05, 4.69) is 46.9 Å². The Morgan fingerprint density at radius 2 is 1.88 bits per heavy atom. The predicted molar refractivity (Wildman–Crippen MR) is 143 cm³/mol. The van der Waals surface area contributed by atoms with E-state index in [4.69, 9.17) is 9.16 Å². The summed E-state index contributed by atoms with van der Waals surface area (Å²) in [5.74, 6) is 2.19. The van der Waals surface area contributed by atoms with Crippen molar-refractivity contribution in [3.63, 3.8) is 0 Å². The molecule has 4 nitrogen and oxygen atoms in total. The standard InChI is InChI=1S/C29H50O4Si/c1-7-8-9-12-23(32-17-16-30)14-15-24-25-18-21-11-10-13-27(31)26(21)19-22(25)20-28(24)33-34(5,6)29(2,3)4/h10-11,13,22-25,28,30-31H,7-9,12,14-20H2,1-6H3/t22-,23-,24+,25-,28?/m0/s1. The first-order valence-electron chi connectivity index (χ1n) is 13.8. The fraction of sp³-hybridized carbons (Fsp3) is 0.793. The largest absolute Gasteiger partial charge is 0.508 e. The van der Waals surface area contributed by atoms with Crippen molar-refractivity contribution in [1.29, 1.82) is 0 Å². The second-order valence-corrected chi connectivity index (χ2v) is 17.1. The number of hydrogen-bond acceptors (Lipinski definition) is 4. The highest BCUT2D eigenvalue weighted by Gasteiger charge is 2.49. The number of aromatic hydroxyl groups is 1. The number of phenolic OH excluding ortho intramolecular Hbond substituents is 1. The fourth-order valence-electron chi connectivity index (χ4n) is 6.01. The normalized spacial score (nSPS) is 25.7. The van der Waals surface area contributed by atoms with Crippen molar-refractivity contribution in [3.05, 3.63) is 29.3 Å². The molecule has 0 aromatic heterocycles. The fourth-order valence-corrected chi connectivity index (χ4v) is 7.39. The number of benzene rings is 1. The van der Waals surface area contributed by atoms with Crippen LogP contribution in [0.2, 0.25) is 18.1 Å². The van der Waals surface area contributed by atoms with Crippen LogP contribution in [0.5, 0.6) is 5.75 Å². The van der Waals surface area contributed by atoms with E-state index in [1.165, 1.54) is 30.4 Å². The maximum atomic E-state index is 10.5. The number of unbranched alkanes of at least 4 members (excludes halogenated alkanes) is 2. The lowest BCUT2D eigenvalue weighted by atomic mass is 9.73. The smallest absolute Gasteiger partial charge is 0.192 e. The monoisotopic (exact) mass is 490 g/mol. The zero-order valence-corrected chi connectivity index (χ0v) is 23.6. The quantitative estimate of drug-likeness (QED) is 0.248. The van der Waals surface area contributed by atoms with E-state index in [0.717, 1.165) is 38.5 Å². The SMILES string of the molecule is CCCCC[C@@H](CC[C@H]1C(O[Si](C)(C)C(C)(C)C)C[C@@H]2Cc3c(O)cccc3C[C@@H]21)OCCO. The third-order valence-electron chi connectivity index (χ3n) is 8.99. The molecule has 0 spiro atoms. The van der Waals surface area contributed by atoms with Gasteiger partial charge >= 0.3 is 0 Å². The van der Waals surface area contributed by atoms with Crippen LogP contribution in [0.25, 0.3) is 0 Å². The molecule has 1 aromatic rings. The van der Waals surface area contributed by atoms with Crippen LogP contribution in [0.3, 0.4) is 0 Å². The molecule has 0 bridgehead atoms. The molecule has 1 fully saturated rings. The summed E-state index contributed by atoms with van der Waals surface area (Å²) in [6.45, 7) is 14.5.